The third kappa shape index (κ3) is 3.47. The van der Waals surface area contributed by atoms with Gasteiger partial charge in [0.2, 0.25) is 0 Å². The summed E-state index contributed by atoms with van der Waals surface area (Å²) in [5.41, 5.74) is 1.55. The van der Waals surface area contributed by atoms with Gasteiger partial charge in [0.1, 0.15) is 16.5 Å². The van der Waals surface area contributed by atoms with Crippen molar-refractivity contribution in [3.8, 4) is 0 Å². The molecule has 146 valence electrons. The van der Waals surface area contributed by atoms with E-state index in [4.69, 9.17) is 14.7 Å². The molecule has 2 aliphatic heterocycles. The first-order valence-electron chi connectivity index (χ1n) is 10.5. The first-order chi connectivity index (χ1) is 13.2. The Kier molecular flexibility index (Phi) is 4.82. The molecule has 5 rings (SSSR count). The molecule has 3 aliphatic rings. The van der Waals surface area contributed by atoms with Crippen molar-refractivity contribution in [3.63, 3.8) is 0 Å². The van der Waals surface area contributed by atoms with E-state index in [1.165, 1.54) is 41.7 Å². The fraction of sp³-hybridized carbons (Fsp3) is 0.714. The van der Waals surface area contributed by atoms with Crippen LogP contribution in [0.3, 0.4) is 0 Å². The van der Waals surface area contributed by atoms with Crippen LogP contribution >= 0.6 is 11.3 Å². The van der Waals surface area contributed by atoms with Crippen molar-refractivity contribution < 1.29 is 4.74 Å². The van der Waals surface area contributed by atoms with Crippen LogP contribution in [0, 0.1) is 11.8 Å². The van der Waals surface area contributed by atoms with Gasteiger partial charge in [-0.05, 0) is 43.1 Å². The second-order valence-electron chi connectivity index (χ2n) is 8.74. The Bertz CT molecular complexity index is 819. The van der Waals surface area contributed by atoms with Crippen LogP contribution in [0.5, 0.6) is 0 Å². The molecule has 6 heteroatoms. The van der Waals surface area contributed by atoms with Gasteiger partial charge in [0, 0.05) is 31.1 Å². The molecule has 0 N–H and O–H groups in total. The maximum Gasteiger partial charge on any atom is 0.146 e. The molecule has 0 amide bonds. The number of aromatic nitrogens is 2. The van der Waals surface area contributed by atoms with Crippen molar-refractivity contribution in [2.45, 2.75) is 46.1 Å². The summed E-state index contributed by atoms with van der Waals surface area (Å²) in [7, 11) is 0. The highest BCUT2D eigenvalue weighted by molar-refractivity contribution is 7.19. The van der Waals surface area contributed by atoms with Crippen molar-refractivity contribution in [1.29, 1.82) is 0 Å². The SMILES string of the molecule is C[C@@H]1C[C@H](C)CN(c2nc(CN3CCOCC3)nc3sc4c(c23)CCC4)C1. The van der Waals surface area contributed by atoms with Crippen LogP contribution in [0.4, 0.5) is 5.82 Å². The maximum atomic E-state index is 5.50. The molecule has 0 unspecified atom stereocenters. The van der Waals surface area contributed by atoms with Gasteiger partial charge < -0.3 is 9.64 Å². The summed E-state index contributed by atoms with van der Waals surface area (Å²) in [6.07, 6.45) is 5.04. The number of ether oxygens (including phenoxy) is 1. The highest BCUT2D eigenvalue weighted by Crippen LogP contribution is 2.41. The molecule has 1 aliphatic carbocycles. The summed E-state index contributed by atoms with van der Waals surface area (Å²) in [6, 6.07) is 0. The first kappa shape index (κ1) is 17.8. The Morgan fingerprint density at radius 3 is 2.63 bits per heavy atom. The summed E-state index contributed by atoms with van der Waals surface area (Å²) >= 11 is 1.92. The lowest BCUT2D eigenvalue weighted by Gasteiger charge is -2.36. The second kappa shape index (κ2) is 7.30. The largest absolute Gasteiger partial charge is 0.379 e. The molecule has 0 radical (unpaired) electrons. The zero-order valence-electron chi connectivity index (χ0n) is 16.5. The smallest absolute Gasteiger partial charge is 0.146 e. The van der Waals surface area contributed by atoms with E-state index in [1.807, 2.05) is 11.3 Å². The lowest BCUT2D eigenvalue weighted by molar-refractivity contribution is 0.0331. The number of rotatable bonds is 3. The number of morpholine rings is 1. The highest BCUT2D eigenvalue weighted by Gasteiger charge is 2.29. The minimum atomic E-state index is 0.730. The van der Waals surface area contributed by atoms with Crippen molar-refractivity contribution in [2.24, 2.45) is 11.8 Å². The number of thiophene rings is 1. The highest BCUT2D eigenvalue weighted by atomic mass is 32.1. The predicted molar refractivity (Wildman–Crippen MR) is 111 cm³/mol. The van der Waals surface area contributed by atoms with E-state index < -0.39 is 0 Å². The summed E-state index contributed by atoms with van der Waals surface area (Å²) in [6.45, 7) is 11.5. The van der Waals surface area contributed by atoms with Gasteiger partial charge in [-0.1, -0.05) is 13.8 Å². The zero-order valence-corrected chi connectivity index (χ0v) is 17.4. The Morgan fingerprint density at radius 2 is 1.85 bits per heavy atom. The lowest BCUT2D eigenvalue weighted by atomic mass is 9.91. The summed E-state index contributed by atoms with van der Waals surface area (Å²) < 4.78 is 5.50. The first-order valence-corrected chi connectivity index (χ1v) is 11.3. The molecule has 0 saturated carbocycles. The summed E-state index contributed by atoms with van der Waals surface area (Å²) in [5, 5.41) is 1.37. The topological polar surface area (TPSA) is 41.5 Å². The van der Waals surface area contributed by atoms with Gasteiger partial charge in [0.15, 0.2) is 0 Å². The molecule has 2 atom stereocenters. The molecule has 2 aromatic rings. The minimum absolute atomic E-state index is 0.730. The van der Waals surface area contributed by atoms with Crippen LogP contribution in [0.2, 0.25) is 0 Å². The van der Waals surface area contributed by atoms with Crippen molar-refractivity contribution in [1.82, 2.24) is 14.9 Å². The van der Waals surface area contributed by atoms with E-state index in [1.54, 1.807) is 10.4 Å². The van der Waals surface area contributed by atoms with Crippen LogP contribution in [-0.4, -0.2) is 54.3 Å². The van der Waals surface area contributed by atoms with Gasteiger partial charge in [0.25, 0.3) is 0 Å². The molecule has 2 fully saturated rings. The van der Waals surface area contributed by atoms with Crippen LogP contribution in [0.15, 0.2) is 0 Å². The molecular formula is C21H30N4OS. The van der Waals surface area contributed by atoms with E-state index in [9.17, 15) is 0 Å². The lowest BCUT2D eigenvalue weighted by Crippen LogP contribution is -2.40. The third-order valence-electron chi connectivity index (χ3n) is 6.23. The number of nitrogens with zero attached hydrogens (tertiary/aromatic N) is 4. The minimum Gasteiger partial charge on any atom is -0.379 e. The average Bonchev–Trinajstić information content (AvgIpc) is 3.22. The normalized spacial score (nSPS) is 26.7. The van der Waals surface area contributed by atoms with Crippen molar-refractivity contribution in [3.05, 3.63) is 16.3 Å². The van der Waals surface area contributed by atoms with Gasteiger partial charge in [-0.2, -0.15) is 0 Å². The van der Waals surface area contributed by atoms with E-state index >= 15 is 0 Å². The van der Waals surface area contributed by atoms with Crippen molar-refractivity contribution in [2.75, 3.05) is 44.3 Å². The van der Waals surface area contributed by atoms with Gasteiger partial charge in [0.05, 0.1) is 25.1 Å². The van der Waals surface area contributed by atoms with E-state index in [0.29, 0.717) is 0 Å². The fourth-order valence-electron chi connectivity index (χ4n) is 5.11. The van der Waals surface area contributed by atoms with Crippen LogP contribution in [0.1, 0.15) is 43.0 Å². The van der Waals surface area contributed by atoms with Crippen molar-refractivity contribution >= 4 is 27.4 Å². The monoisotopic (exact) mass is 386 g/mol. The molecule has 2 aromatic heterocycles. The number of fused-ring (bicyclic) bond motifs is 3. The van der Waals surface area contributed by atoms with E-state index in [0.717, 1.165) is 63.6 Å². The van der Waals surface area contributed by atoms with Gasteiger partial charge in [-0.15, -0.1) is 11.3 Å². The van der Waals surface area contributed by atoms with Crippen LogP contribution < -0.4 is 4.90 Å². The summed E-state index contributed by atoms with van der Waals surface area (Å²) in [5.74, 6) is 3.67. The number of hydrogen-bond donors (Lipinski definition) is 0. The van der Waals surface area contributed by atoms with Gasteiger partial charge in [-0.25, -0.2) is 9.97 Å². The predicted octanol–water partition coefficient (Wildman–Crippen LogP) is 3.49. The van der Waals surface area contributed by atoms with E-state index in [-0.39, 0.29) is 0 Å². The van der Waals surface area contributed by atoms with E-state index in [2.05, 4.69) is 23.6 Å². The Labute approximate surface area is 165 Å². The van der Waals surface area contributed by atoms with Gasteiger partial charge in [-0.3, -0.25) is 4.90 Å². The Morgan fingerprint density at radius 1 is 1.07 bits per heavy atom. The average molecular weight is 387 g/mol. The quantitative estimate of drug-likeness (QED) is 0.808. The molecule has 5 nitrogen and oxygen atoms in total. The maximum absolute atomic E-state index is 5.50. The molecular weight excluding hydrogens is 356 g/mol. The molecule has 27 heavy (non-hydrogen) atoms. The molecule has 0 bridgehead atoms. The number of anilines is 1. The number of aryl methyl sites for hydroxylation is 2. The molecule has 0 aromatic carbocycles. The summed E-state index contributed by atoms with van der Waals surface area (Å²) in [4.78, 5) is 18.0. The number of hydrogen-bond acceptors (Lipinski definition) is 6. The van der Waals surface area contributed by atoms with Crippen LogP contribution in [0.25, 0.3) is 10.2 Å². The number of piperidine rings is 1. The fourth-order valence-corrected chi connectivity index (χ4v) is 6.39. The Hall–Kier alpha value is -1.24. The Balaban J connectivity index is 1.55. The third-order valence-corrected chi connectivity index (χ3v) is 7.41. The molecule has 4 heterocycles. The van der Waals surface area contributed by atoms with Gasteiger partial charge >= 0.3 is 0 Å². The standard InChI is InChI=1S/C21H30N4OS/c1-14-10-15(2)12-25(11-14)20-19-16-4-3-5-17(16)27-21(19)23-18(22-20)13-24-6-8-26-9-7-24/h14-15H,3-13H2,1-2H3/t14-,15+. The zero-order chi connectivity index (χ0) is 18.4. The molecule has 0 spiro atoms. The molecule has 2 saturated heterocycles. The second-order valence-corrected chi connectivity index (χ2v) is 9.82. The van der Waals surface area contributed by atoms with Crippen LogP contribution in [-0.2, 0) is 24.1 Å².